The van der Waals surface area contributed by atoms with E-state index in [2.05, 4.69) is 16.7 Å². The summed E-state index contributed by atoms with van der Waals surface area (Å²) < 4.78 is 4.93. The minimum atomic E-state index is -0.824. The molecular formula is C31H46Cl4N6O12. The monoisotopic (exact) mass is 834 g/mol. The second-order valence-corrected chi connectivity index (χ2v) is 11.5. The van der Waals surface area contributed by atoms with Gasteiger partial charge in [0.2, 0.25) is 11.5 Å². The minimum Gasteiger partial charge on any atom is -0.504 e. The maximum atomic E-state index is 12.2. The van der Waals surface area contributed by atoms with Crippen LogP contribution in [0.15, 0.2) is 24.3 Å². The average molecular weight is 837 g/mol. The van der Waals surface area contributed by atoms with E-state index in [0.29, 0.717) is 39.3 Å². The van der Waals surface area contributed by atoms with Gasteiger partial charge in [0.05, 0.1) is 23.0 Å². The van der Waals surface area contributed by atoms with E-state index in [1.54, 1.807) is 11.8 Å². The van der Waals surface area contributed by atoms with Gasteiger partial charge in [-0.2, -0.15) is 0 Å². The van der Waals surface area contributed by atoms with Crippen molar-refractivity contribution in [2.45, 2.75) is 26.7 Å². The number of phenolic OH excluding ortho intramolecular Hbond substituents is 4. The first-order valence-corrected chi connectivity index (χ1v) is 15.8. The Balaban J connectivity index is 0. The first-order valence-electron chi connectivity index (χ1n) is 15.8. The van der Waals surface area contributed by atoms with Crippen molar-refractivity contribution in [1.82, 2.24) is 19.6 Å². The van der Waals surface area contributed by atoms with E-state index in [-0.39, 0.29) is 97.8 Å². The number of amides is 1. The summed E-state index contributed by atoms with van der Waals surface area (Å²) in [6, 6.07) is 4.29. The van der Waals surface area contributed by atoms with Gasteiger partial charge in [-0.05, 0) is 31.2 Å². The van der Waals surface area contributed by atoms with Gasteiger partial charge in [0.1, 0.15) is 0 Å². The third kappa shape index (κ3) is 15.2. The molecule has 53 heavy (non-hydrogen) atoms. The van der Waals surface area contributed by atoms with Crippen LogP contribution in [0.2, 0.25) is 0 Å². The number of hydrogen-bond donors (Lipinski definition) is 4. The molecule has 2 saturated heterocycles. The fourth-order valence-corrected chi connectivity index (χ4v) is 5.38. The number of nitro groups is 2. The summed E-state index contributed by atoms with van der Waals surface area (Å²) >= 11 is 0. The number of carbonyl (C=O) groups is 3. The molecule has 2 aromatic carbocycles. The Kier molecular flexibility index (Phi) is 23.6. The molecule has 0 atom stereocenters. The van der Waals surface area contributed by atoms with Gasteiger partial charge in [0.15, 0.2) is 23.1 Å². The van der Waals surface area contributed by atoms with Crippen molar-refractivity contribution in [3.8, 4) is 23.0 Å². The maximum absolute atomic E-state index is 12.2. The van der Waals surface area contributed by atoms with Crippen LogP contribution >= 0.6 is 49.6 Å². The number of carbonyl (C=O) groups excluding carboxylic acids is 3. The second-order valence-electron chi connectivity index (χ2n) is 11.5. The zero-order valence-electron chi connectivity index (χ0n) is 29.1. The SMILES string of the molecule is CCN1CCN(CCC(=O)c2cc(O)c(O)c([N+](=O)[O-])c2)CC1.CCOC(=O)N1CCN(CC(=O)Cc2cc(O)c(O)c([N+](=O)[O-])c2)CC1.Cl.Cl.Cl.Cl. The van der Waals surface area contributed by atoms with Crippen molar-refractivity contribution in [3.05, 3.63) is 55.6 Å². The summed E-state index contributed by atoms with van der Waals surface area (Å²) in [6.45, 7) is 11.6. The van der Waals surface area contributed by atoms with Crippen molar-refractivity contribution < 1.29 is 49.4 Å². The number of nitro benzene ring substituents is 2. The zero-order valence-corrected chi connectivity index (χ0v) is 32.3. The van der Waals surface area contributed by atoms with Gasteiger partial charge < -0.3 is 39.9 Å². The van der Waals surface area contributed by atoms with Gasteiger partial charge in [-0.25, -0.2) is 4.79 Å². The summed E-state index contributed by atoms with van der Waals surface area (Å²) in [4.78, 5) is 64.0. The normalized spacial score (nSPS) is 14.4. The van der Waals surface area contributed by atoms with E-state index >= 15 is 0 Å². The summed E-state index contributed by atoms with van der Waals surface area (Å²) in [5, 5.41) is 59.7. The quantitative estimate of drug-likeness (QED) is 0.103. The lowest BCUT2D eigenvalue weighted by molar-refractivity contribution is -0.386. The van der Waals surface area contributed by atoms with Gasteiger partial charge in [-0.3, -0.25) is 34.7 Å². The van der Waals surface area contributed by atoms with E-state index in [9.17, 15) is 55.0 Å². The highest BCUT2D eigenvalue weighted by molar-refractivity contribution is 5.97. The highest BCUT2D eigenvalue weighted by Crippen LogP contribution is 2.37. The molecule has 2 aliphatic rings. The standard InChI is InChI=1S/C16H21N3O7.C15H21N3O5.4ClH/c1-2-26-16(23)18-5-3-17(4-6-18)10-12(20)7-11-8-13(19(24)25)15(22)14(21)9-11;1-2-16-5-7-17(8-6-16)4-3-13(19)11-9-12(18(22)23)15(21)14(20)10-11;;;;/h8-9,21-22H,2-7,10H2,1H3;9-10,20-21H,2-8H2,1H3;4*1H. The number of likely N-dealkylation sites (N-methyl/N-ethyl adjacent to an activating group) is 1. The Morgan fingerprint density at radius 2 is 1.21 bits per heavy atom. The summed E-state index contributed by atoms with van der Waals surface area (Å²) in [6.07, 6.45) is -0.259. The fourth-order valence-electron chi connectivity index (χ4n) is 5.38. The van der Waals surface area contributed by atoms with Crippen molar-refractivity contribution >= 4 is 78.7 Å². The van der Waals surface area contributed by atoms with Crippen LogP contribution in [0.1, 0.15) is 36.2 Å². The molecule has 1 amide bonds. The highest BCUT2D eigenvalue weighted by atomic mass is 35.5. The van der Waals surface area contributed by atoms with Crippen LogP contribution in [0.5, 0.6) is 23.0 Å². The van der Waals surface area contributed by atoms with Gasteiger partial charge in [-0.15, -0.1) is 49.6 Å². The molecule has 0 radical (unpaired) electrons. The molecule has 300 valence electrons. The van der Waals surface area contributed by atoms with E-state index in [1.165, 1.54) is 0 Å². The van der Waals surface area contributed by atoms with Gasteiger partial charge in [0, 0.05) is 89.4 Å². The molecule has 0 bridgehead atoms. The summed E-state index contributed by atoms with van der Waals surface area (Å²) in [5.41, 5.74) is -1.01. The number of Topliss-reactive ketones (excluding diaryl/α,β-unsaturated/α-hetero) is 2. The van der Waals surface area contributed by atoms with Crippen LogP contribution in [-0.4, -0.2) is 146 Å². The first kappa shape index (κ1) is 51.2. The summed E-state index contributed by atoms with van der Waals surface area (Å²) in [5.74, 6) is -3.40. The highest BCUT2D eigenvalue weighted by Gasteiger charge is 2.25. The number of halogens is 4. The molecule has 4 N–H and O–H groups in total. The van der Waals surface area contributed by atoms with Gasteiger partial charge in [0.25, 0.3) is 0 Å². The van der Waals surface area contributed by atoms with Gasteiger partial charge in [-0.1, -0.05) is 6.92 Å². The van der Waals surface area contributed by atoms with Crippen molar-refractivity contribution in [1.29, 1.82) is 0 Å². The fraction of sp³-hybridized carbons (Fsp3) is 0.516. The molecule has 4 rings (SSSR count). The predicted molar refractivity (Wildman–Crippen MR) is 203 cm³/mol. The Hall–Kier alpha value is -3.91. The second kappa shape index (κ2) is 24.4. The first-order chi connectivity index (χ1) is 23.2. The van der Waals surface area contributed by atoms with Crippen LogP contribution in [0.25, 0.3) is 0 Å². The number of ether oxygens (including phenoxy) is 1. The molecule has 2 fully saturated rings. The number of aromatic hydroxyl groups is 4. The summed E-state index contributed by atoms with van der Waals surface area (Å²) in [7, 11) is 0. The molecule has 2 heterocycles. The van der Waals surface area contributed by atoms with E-state index in [0.717, 1.165) is 57.0 Å². The lowest BCUT2D eigenvalue weighted by atomic mass is 10.1. The van der Waals surface area contributed by atoms with Crippen molar-refractivity contribution in [2.24, 2.45) is 0 Å². The molecule has 2 aliphatic heterocycles. The Morgan fingerprint density at radius 1 is 0.717 bits per heavy atom. The molecule has 22 heteroatoms. The minimum absolute atomic E-state index is 0. The van der Waals surface area contributed by atoms with Crippen LogP contribution < -0.4 is 0 Å². The third-order valence-corrected chi connectivity index (χ3v) is 8.18. The lowest BCUT2D eigenvalue weighted by Crippen LogP contribution is -2.50. The Bertz CT molecular complexity index is 1540. The number of rotatable bonds is 12. The molecule has 0 spiro atoms. The molecule has 0 unspecified atom stereocenters. The number of hydrogen-bond acceptors (Lipinski definition) is 15. The molecule has 0 aromatic heterocycles. The molecule has 18 nitrogen and oxygen atoms in total. The third-order valence-electron chi connectivity index (χ3n) is 8.18. The van der Waals surface area contributed by atoms with E-state index in [4.69, 9.17) is 4.74 Å². The number of phenols is 4. The van der Waals surface area contributed by atoms with E-state index < -0.39 is 44.2 Å². The number of benzene rings is 2. The van der Waals surface area contributed by atoms with Crippen LogP contribution in [0.3, 0.4) is 0 Å². The maximum Gasteiger partial charge on any atom is 0.409 e. The Labute approximate surface area is 330 Å². The molecule has 2 aromatic rings. The topological polar surface area (TPSA) is 241 Å². The number of piperazine rings is 2. The number of nitrogens with zero attached hydrogens (tertiary/aromatic N) is 6. The van der Waals surface area contributed by atoms with Crippen molar-refractivity contribution in [2.75, 3.05) is 78.6 Å². The average Bonchev–Trinajstić information content (AvgIpc) is 3.07. The molecule has 0 aliphatic carbocycles. The largest absolute Gasteiger partial charge is 0.504 e. The predicted octanol–water partition coefficient (Wildman–Crippen LogP) is 3.80. The zero-order chi connectivity index (χ0) is 36.2. The van der Waals surface area contributed by atoms with Crippen LogP contribution in [0.4, 0.5) is 16.2 Å². The van der Waals surface area contributed by atoms with Crippen LogP contribution in [0, 0.1) is 20.2 Å². The molecule has 0 saturated carbocycles. The smallest absolute Gasteiger partial charge is 0.409 e. The lowest BCUT2D eigenvalue weighted by Gasteiger charge is -2.33. The van der Waals surface area contributed by atoms with Crippen LogP contribution in [-0.2, 0) is 16.0 Å². The number of ketones is 2. The Morgan fingerprint density at radius 3 is 1.72 bits per heavy atom. The van der Waals surface area contributed by atoms with Crippen molar-refractivity contribution in [3.63, 3.8) is 0 Å². The van der Waals surface area contributed by atoms with E-state index in [1.807, 2.05) is 4.90 Å². The van der Waals surface area contributed by atoms with Gasteiger partial charge >= 0.3 is 17.5 Å². The molecular weight excluding hydrogens is 790 g/mol.